The van der Waals surface area contributed by atoms with E-state index in [1.54, 1.807) is 17.4 Å². The fourth-order valence-electron chi connectivity index (χ4n) is 6.79. The first kappa shape index (κ1) is 25.4. The summed E-state index contributed by atoms with van der Waals surface area (Å²) in [6.45, 7) is 0. The van der Waals surface area contributed by atoms with Crippen molar-refractivity contribution in [2.24, 2.45) is 0 Å². The summed E-state index contributed by atoms with van der Waals surface area (Å²) in [6.07, 6.45) is 1.68. The van der Waals surface area contributed by atoms with Crippen molar-refractivity contribution in [3.8, 4) is 12.1 Å². The minimum atomic E-state index is 0.0885. The minimum absolute atomic E-state index is 0.0885. The Balaban J connectivity index is 1.36. The van der Waals surface area contributed by atoms with Crippen LogP contribution in [0.25, 0.3) is 70.2 Å². The van der Waals surface area contributed by atoms with Crippen LogP contribution in [0.1, 0.15) is 5.56 Å². The molecular formula is C40H21N3OS. The maximum absolute atomic E-state index is 9.42. The van der Waals surface area contributed by atoms with Crippen molar-refractivity contribution in [3.63, 3.8) is 0 Å². The van der Waals surface area contributed by atoms with Crippen molar-refractivity contribution in [2.75, 3.05) is 4.90 Å². The number of nitriles is 2. The Morgan fingerprint density at radius 2 is 1.27 bits per heavy atom. The number of thiophene rings is 1. The Morgan fingerprint density at radius 1 is 0.622 bits per heavy atom. The molecule has 208 valence electrons. The van der Waals surface area contributed by atoms with E-state index < -0.39 is 0 Å². The number of hydrogen-bond donors (Lipinski definition) is 0. The third-order valence-corrected chi connectivity index (χ3v) is 9.82. The molecule has 0 aliphatic carbocycles. The van der Waals surface area contributed by atoms with E-state index in [9.17, 15) is 10.5 Å². The maximum atomic E-state index is 9.42. The van der Waals surface area contributed by atoms with Crippen LogP contribution in [0.4, 0.5) is 16.6 Å². The van der Waals surface area contributed by atoms with Crippen LogP contribution in [0.5, 0.6) is 0 Å². The number of hydrogen-bond acceptors (Lipinski definition) is 5. The fraction of sp³-hybridized carbons (Fsp3) is 0. The molecule has 4 nitrogen and oxygen atoms in total. The highest BCUT2D eigenvalue weighted by Crippen LogP contribution is 2.49. The topological polar surface area (TPSA) is 64.0 Å². The lowest BCUT2D eigenvalue weighted by Crippen LogP contribution is -2.08. The van der Waals surface area contributed by atoms with Crippen LogP contribution in [0.2, 0.25) is 0 Å². The highest BCUT2D eigenvalue weighted by Gasteiger charge is 2.23. The van der Waals surface area contributed by atoms with Crippen LogP contribution in [0.15, 0.2) is 131 Å². The smallest absolute Gasteiger partial charge is 0.206 e. The quantitative estimate of drug-likeness (QED) is 0.116. The predicted molar refractivity (Wildman–Crippen MR) is 187 cm³/mol. The lowest BCUT2D eigenvalue weighted by Gasteiger charge is -2.24. The third-order valence-electron chi connectivity index (χ3n) is 8.72. The molecule has 0 saturated carbocycles. The molecule has 0 unspecified atom stereocenters. The Labute approximate surface area is 261 Å². The SMILES string of the molecule is N#CC(C#N)=Cc1ccc2c3ccc(N(c4cc5ccccc5o4)c4cc5ccccc5s4)c4cccc(c5cccc1c52)c43. The molecule has 45 heavy (non-hydrogen) atoms. The number of rotatable bonds is 4. The highest BCUT2D eigenvalue weighted by atomic mass is 32.1. The molecule has 0 radical (unpaired) electrons. The molecule has 0 bridgehead atoms. The van der Waals surface area contributed by atoms with Gasteiger partial charge in [0, 0.05) is 21.5 Å². The van der Waals surface area contributed by atoms with E-state index >= 15 is 0 Å². The van der Waals surface area contributed by atoms with Crippen LogP contribution in [-0.4, -0.2) is 0 Å². The van der Waals surface area contributed by atoms with Crippen molar-refractivity contribution in [1.29, 1.82) is 10.5 Å². The molecule has 0 saturated heterocycles. The average molecular weight is 592 g/mol. The van der Waals surface area contributed by atoms with Gasteiger partial charge >= 0.3 is 0 Å². The zero-order valence-corrected chi connectivity index (χ0v) is 24.6. The van der Waals surface area contributed by atoms with E-state index in [1.165, 1.54) is 15.5 Å². The van der Waals surface area contributed by atoms with Crippen LogP contribution in [0, 0.1) is 22.7 Å². The van der Waals surface area contributed by atoms with Gasteiger partial charge in [-0.25, -0.2) is 0 Å². The van der Waals surface area contributed by atoms with Crippen molar-refractivity contribution in [1.82, 2.24) is 0 Å². The number of benzene rings is 7. The number of nitrogens with zero attached hydrogens (tertiary/aromatic N) is 3. The molecule has 0 N–H and O–H groups in total. The normalized spacial score (nSPS) is 11.5. The van der Waals surface area contributed by atoms with Gasteiger partial charge in [-0.15, -0.1) is 11.3 Å². The van der Waals surface area contributed by atoms with E-state index in [0.29, 0.717) is 0 Å². The lowest BCUT2D eigenvalue weighted by molar-refractivity contribution is 0.622. The second-order valence-electron chi connectivity index (χ2n) is 11.2. The second kappa shape index (κ2) is 9.69. The first-order chi connectivity index (χ1) is 22.2. The Morgan fingerprint density at radius 3 is 2.02 bits per heavy atom. The predicted octanol–water partition coefficient (Wildman–Crippen LogP) is 11.6. The third kappa shape index (κ3) is 3.76. The Kier molecular flexibility index (Phi) is 5.46. The molecule has 0 fully saturated rings. The van der Waals surface area contributed by atoms with Crippen LogP contribution < -0.4 is 4.90 Å². The molecule has 5 heteroatoms. The minimum Gasteiger partial charge on any atom is -0.440 e. The number of fused-ring (bicyclic) bond motifs is 4. The summed E-state index contributed by atoms with van der Waals surface area (Å²) in [5, 5.41) is 31.3. The summed E-state index contributed by atoms with van der Waals surface area (Å²) in [5.41, 5.74) is 2.85. The molecule has 0 amide bonds. The van der Waals surface area contributed by atoms with Gasteiger partial charge in [0.2, 0.25) is 5.88 Å². The van der Waals surface area contributed by atoms with E-state index in [-0.39, 0.29) is 5.57 Å². The molecule has 0 aliphatic heterocycles. The van der Waals surface area contributed by atoms with E-state index in [4.69, 9.17) is 4.42 Å². The lowest BCUT2D eigenvalue weighted by atomic mass is 9.87. The highest BCUT2D eigenvalue weighted by molar-refractivity contribution is 7.23. The van der Waals surface area contributed by atoms with Gasteiger partial charge in [-0.1, -0.05) is 91.0 Å². The first-order valence-corrected chi connectivity index (χ1v) is 15.4. The Hall–Kier alpha value is -6.14. The van der Waals surface area contributed by atoms with Crippen molar-refractivity contribution < 1.29 is 4.42 Å². The van der Waals surface area contributed by atoms with E-state index in [0.717, 1.165) is 70.8 Å². The number of para-hydroxylation sites is 1. The van der Waals surface area contributed by atoms with Gasteiger partial charge in [0.25, 0.3) is 0 Å². The molecule has 9 rings (SSSR count). The maximum Gasteiger partial charge on any atom is 0.206 e. The summed E-state index contributed by atoms with van der Waals surface area (Å²) < 4.78 is 7.75. The van der Waals surface area contributed by atoms with Crippen molar-refractivity contribution in [3.05, 3.63) is 132 Å². The number of furan rings is 1. The summed E-state index contributed by atoms with van der Waals surface area (Å²) in [5.74, 6) is 0.768. The van der Waals surface area contributed by atoms with Crippen LogP contribution in [0.3, 0.4) is 0 Å². The number of anilines is 3. The molecule has 7 aromatic carbocycles. The molecule has 0 atom stereocenters. The molecule has 0 aliphatic rings. The van der Waals surface area contributed by atoms with Crippen molar-refractivity contribution >= 4 is 98.1 Å². The van der Waals surface area contributed by atoms with Gasteiger partial charge in [-0.2, -0.15) is 10.5 Å². The Bertz CT molecular complexity index is 2580. The summed E-state index contributed by atoms with van der Waals surface area (Å²) >= 11 is 1.75. The standard InChI is InChI=1S/C40H21N3OS/c41-22-24(23-42)19-25-15-16-31-32-17-18-34(33-12-6-11-30(40(32)33)29-10-5-9-28(25)39(29)31)43(37-20-26-7-1-3-13-35(26)44-37)38-21-27-8-2-4-14-36(27)45-38/h1-21H. The largest absolute Gasteiger partial charge is 0.440 e. The first-order valence-electron chi connectivity index (χ1n) is 14.6. The van der Waals surface area contributed by atoms with E-state index in [1.807, 2.05) is 36.4 Å². The van der Waals surface area contributed by atoms with E-state index in [2.05, 4.69) is 102 Å². The fourth-order valence-corrected chi connectivity index (χ4v) is 7.87. The van der Waals surface area contributed by atoms with Gasteiger partial charge in [0.1, 0.15) is 28.3 Å². The monoisotopic (exact) mass is 591 g/mol. The summed E-state index contributed by atoms with van der Waals surface area (Å²) in [6, 6.07) is 46.4. The molecular weight excluding hydrogens is 571 g/mol. The molecule has 0 spiro atoms. The molecule has 2 aromatic heterocycles. The van der Waals surface area contributed by atoms with Gasteiger partial charge in [0.05, 0.1) is 5.69 Å². The average Bonchev–Trinajstić information content (AvgIpc) is 3.71. The zero-order valence-electron chi connectivity index (χ0n) is 23.8. The van der Waals surface area contributed by atoms with Gasteiger partial charge in [-0.3, -0.25) is 4.90 Å². The summed E-state index contributed by atoms with van der Waals surface area (Å²) in [4.78, 5) is 2.25. The van der Waals surface area contributed by atoms with Gasteiger partial charge < -0.3 is 4.42 Å². The molecule has 2 heterocycles. The van der Waals surface area contributed by atoms with Crippen LogP contribution in [-0.2, 0) is 0 Å². The van der Waals surface area contributed by atoms with Gasteiger partial charge in [0.15, 0.2) is 0 Å². The van der Waals surface area contributed by atoms with Gasteiger partial charge in [-0.05, 0) is 79.0 Å². The van der Waals surface area contributed by atoms with Crippen molar-refractivity contribution in [2.45, 2.75) is 0 Å². The van der Waals surface area contributed by atoms with Crippen LogP contribution >= 0.6 is 11.3 Å². The summed E-state index contributed by atoms with van der Waals surface area (Å²) in [7, 11) is 0. The molecule has 9 aromatic rings. The zero-order chi connectivity index (χ0) is 30.1. The second-order valence-corrected chi connectivity index (χ2v) is 12.2. The number of allylic oxidation sites excluding steroid dienone is 1.